The topological polar surface area (TPSA) is 93.0 Å². The normalized spacial score (nSPS) is 21.3. The lowest BCUT2D eigenvalue weighted by atomic mass is 10.0. The van der Waals surface area contributed by atoms with Crippen LogP contribution in [0.15, 0.2) is 30.5 Å². The minimum Gasteiger partial charge on any atom is -0.497 e. The summed E-state index contributed by atoms with van der Waals surface area (Å²) in [6, 6.07) is 7.81. The Balaban J connectivity index is 1.74. The molecule has 0 saturated heterocycles. The van der Waals surface area contributed by atoms with Gasteiger partial charge in [0.1, 0.15) is 11.4 Å². The Morgan fingerprint density at radius 3 is 2.79 bits per heavy atom. The molecule has 1 amide bonds. The summed E-state index contributed by atoms with van der Waals surface area (Å²) in [7, 11) is 3.73. The number of rotatable bonds is 7. The highest BCUT2D eigenvalue weighted by Gasteiger charge is 2.28. The molecule has 2 bridgehead atoms. The fourth-order valence-electron chi connectivity index (χ4n) is 4.11. The molecule has 0 unspecified atom stereocenters. The van der Waals surface area contributed by atoms with Crippen LogP contribution < -0.4 is 4.74 Å². The Morgan fingerprint density at radius 2 is 2.09 bits per heavy atom. The minimum absolute atomic E-state index is 0.0494. The number of fused-ring (bicyclic) bond motifs is 2. The van der Waals surface area contributed by atoms with Crippen molar-refractivity contribution < 1.29 is 19.4 Å². The number of nitrogens with zero attached hydrogens (tertiary/aromatic N) is 5. The maximum absolute atomic E-state index is 13.0. The average Bonchev–Trinajstić information content (AvgIpc) is 3.27. The van der Waals surface area contributed by atoms with Gasteiger partial charge in [-0.05, 0) is 38.1 Å². The van der Waals surface area contributed by atoms with Gasteiger partial charge >= 0.3 is 0 Å². The molecule has 1 aliphatic heterocycles. The molecule has 33 heavy (non-hydrogen) atoms. The van der Waals surface area contributed by atoms with Gasteiger partial charge in [-0.3, -0.25) is 14.4 Å². The third kappa shape index (κ3) is 7.25. The summed E-state index contributed by atoms with van der Waals surface area (Å²) in [6.45, 7) is 6.92. The zero-order chi connectivity index (χ0) is 23.8. The van der Waals surface area contributed by atoms with E-state index < -0.39 is 0 Å². The van der Waals surface area contributed by atoms with E-state index in [-0.39, 0.29) is 30.6 Å². The second-order valence-corrected chi connectivity index (χ2v) is 9.03. The van der Waals surface area contributed by atoms with E-state index in [1.54, 1.807) is 16.7 Å². The fraction of sp³-hybridized carbons (Fsp3) is 0.625. The number of benzene rings is 1. The summed E-state index contributed by atoms with van der Waals surface area (Å²) in [5.74, 6) is 0.954. The molecule has 0 fully saturated rings. The predicted molar refractivity (Wildman–Crippen MR) is 125 cm³/mol. The molecule has 1 N–H and O–H groups in total. The van der Waals surface area contributed by atoms with Crippen LogP contribution in [0.2, 0.25) is 0 Å². The number of aromatic nitrogens is 3. The van der Waals surface area contributed by atoms with E-state index in [1.165, 1.54) is 5.56 Å². The monoisotopic (exact) mass is 459 g/mol. The lowest BCUT2D eigenvalue weighted by molar-refractivity contribution is -0.136. The molecule has 0 aliphatic carbocycles. The Kier molecular flexibility index (Phi) is 9.22. The number of hydrogen-bond acceptors (Lipinski definition) is 7. The SMILES string of the molecule is COc1ccc(CN(C)C[C@@H]2OCc3cn(nn3)CCCC(=O)N([C@H](C)CO)C[C@H]2C)cc1. The van der Waals surface area contributed by atoms with Crippen molar-refractivity contribution in [3.05, 3.63) is 41.7 Å². The van der Waals surface area contributed by atoms with Crippen LogP contribution >= 0.6 is 0 Å². The van der Waals surface area contributed by atoms with Crippen LogP contribution in [0.1, 0.15) is 37.9 Å². The number of likely N-dealkylation sites (N-methyl/N-ethyl adjacent to an activating group) is 1. The molecule has 3 rings (SSSR count). The molecule has 9 nitrogen and oxygen atoms in total. The molecule has 2 heterocycles. The van der Waals surface area contributed by atoms with Gasteiger partial charge in [-0.2, -0.15) is 0 Å². The van der Waals surface area contributed by atoms with Crippen LogP contribution in [0.25, 0.3) is 0 Å². The van der Waals surface area contributed by atoms with Crippen molar-refractivity contribution in [3.8, 4) is 5.75 Å². The lowest BCUT2D eigenvalue weighted by Crippen LogP contribution is -2.47. The molecule has 182 valence electrons. The Hall–Kier alpha value is -2.49. The summed E-state index contributed by atoms with van der Waals surface area (Å²) in [5, 5.41) is 18.1. The zero-order valence-electron chi connectivity index (χ0n) is 20.2. The average molecular weight is 460 g/mol. The van der Waals surface area contributed by atoms with Crippen LogP contribution in [0.5, 0.6) is 5.75 Å². The first kappa shape index (κ1) is 25.1. The summed E-state index contributed by atoms with van der Waals surface area (Å²) in [5.41, 5.74) is 1.97. The van der Waals surface area contributed by atoms with Gasteiger partial charge in [0, 0.05) is 38.5 Å². The smallest absolute Gasteiger partial charge is 0.222 e. The number of aliphatic hydroxyl groups excluding tert-OH is 1. The first-order valence-corrected chi connectivity index (χ1v) is 11.6. The quantitative estimate of drug-likeness (QED) is 0.676. The highest BCUT2D eigenvalue weighted by atomic mass is 16.5. The highest BCUT2D eigenvalue weighted by Crippen LogP contribution is 2.19. The number of hydrogen-bond donors (Lipinski definition) is 1. The van der Waals surface area contributed by atoms with E-state index in [9.17, 15) is 9.90 Å². The van der Waals surface area contributed by atoms with Gasteiger partial charge in [-0.25, -0.2) is 0 Å². The number of amides is 1. The van der Waals surface area contributed by atoms with Crippen molar-refractivity contribution >= 4 is 5.91 Å². The molecule has 9 heteroatoms. The molecule has 2 aromatic rings. The maximum Gasteiger partial charge on any atom is 0.222 e. The van der Waals surface area contributed by atoms with E-state index >= 15 is 0 Å². The van der Waals surface area contributed by atoms with Gasteiger partial charge < -0.3 is 19.5 Å². The highest BCUT2D eigenvalue weighted by molar-refractivity contribution is 5.76. The van der Waals surface area contributed by atoms with Crippen molar-refractivity contribution in [2.24, 2.45) is 5.92 Å². The summed E-state index contributed by atoms with van der Waals surface area (Å²) in [4.78, 5) is 17.0. The second kappa shape index (κ2) is 12.1. The van der Waals surface area contributed by atoms with Crippen LogP contribution in [-0.4, -0.2) is 81.8 Å². The third-order valence-electron chi connectivity index (χ3n) is 6.15. The molecular weight excluding hydrogens is 422 g/mol. The van der Waals surface area contributed by atoms with Gasteiger partial charge in [0.05, 0.1) is 38.7 Å². The van der Waals surface area contributed by atoms with Crippen LogP contribution in [0.3, 0.4) is 0 Å². The molecule has 0 saturated carbocycles. The Labute approximate surface area is 196 Å². The number of ether oxygens (including phenoxy) is 2. The largest absolute Gasteiger partial charge is 0.497 e. The standard InChI is InChI=1S/C24H37N5O4/c1-18-12-29(19(2)16-30)24(31)6-5-11-28-14-21(25-26-28)17-33-23(18)15-27(3)13-20-7-9-22(32-4)10-8-20/h7-10,14,18-19,23,30H,5-6,11-13,15-17H2,1-4H3/t18-,19-,23+/m1/s1. The molecule has 1 aromatic heterocycles. The zero-order valence-corrected chi connectivity index (χ0v) is 20.2. The van der Waals surface area contributed by atoms with Crippen molar-refractivity contribution in [3.63, 3.8) is 0 Å². The first-order chi connectivity index (χ1) is 15.9. The predicted octanol–water partition coefficient (Wildman–Crippen LogP) is 1.94. The number of aryl methyl sites for hydroxylation is 1. The van der Waals surface area contributed by atoms with Gasteiger partial charge in [0.25, 0.3) is 0 Å². The van der Waals surface area contributed by atoms with Crippen LogP contribution in [-0.2, 0) is 29.2 Å². The maximum atomic E-state index is 13.0. The minimum atomic E-state index is -0.236. The lowest BCUT2D eigenvalue weighted by Gasteiger charge is -2.35. The fourth-order valence-corrected chi connectivity index (χ4v) is 4.11. The van der Waals surface area contributed by atoms with Crippen LogP contribution in [0, 0.1) is 5.92 Å². The number of aliphatic hydroxyl groups is 1. The van der Waals surface area contributed by atoms with E-state index in [0.717, 1.165) is 18.0 Å². The van der Waals surface area contributed by atoms with Gasteiger partial charge in [-0.1, -0.05) is 24.3 Å². The molecule has 0 spiro atoms. The molecule has 0 radical (unpaired) electrons. The number of methoxy groups -OCH3 is 1. The number of carbonyl (C=O) groups excluding carboxylic acids is 1. The van der Waals surface area contributed by atoms with E-state index in [4.69, 9.17) is 9.47 Å². The molecular formula is C24H37N5O4. The molecule has 1 aromatic carbocycles. The Morgan fingerprint density at radius 1 is 1.33 bits per heavy atom. The first-order valence-electron chi connectivity index (χ1n) is 11.6. The summed E-state index contributed by atoms with van der Waals surface area (Å²) < 4.78 is 13.3. The van der Waals surface area contributed by atoms with Gasteiger partial charge in [0.15, 0.2) is 0 Å². The van der Waals surface area contributed by atoms with Crippen molar-refractivity contribution in [1.29, 1.82) is 0 Å². The second-order valence-electron chi connectivity index (χ2n) is 9.03. The van der Waals surface area contributed by atoms with Gasteiger partial charge in [0.2, 0.25) is 5.91 Å². The van der Waals surface area contributed by atoms with Gasteiger partial charge in [-0.15, -0.1) is 5.10 Å². The van der Waals surface area contributed by atoms with Crippen molar-refractivity contribution in [2.45, 2.75) is 58.5 Å². The van der Waals surface area contributed by atoms with E-state index in [0.29, 0.717) is 39.1 Å². The molecule has 3 atom stereocenters. The summed E-state index contributed by atoms with van der Waals surface area (Å²) >= 11 is 0. The van der Waals surface area contributed by atoms with E-state index in [1.807, 2.05) is 25.3 Å². The van der Waals surface area contributed by atoms with Crippen molar-refractivity contribution in [2.75, 3.05) is 33.9 Å². The summed E-state index contributed by atoms with van der Waals surface area (Å²) in [6.07, 6.45) is 2.86. The molecule has 1 aliphatic rings. The van der Waals surface area contributed by atoms with E-state index in [2.05, 4.69) is 41.3 Å². The van der Waals surface area contributed by atoms with Crippen molar-refractivity contribution in [1.82, 2.24) is 24.8 Å². The Bertz CT molecular complexity index is 872. The third-order valence-corrected chi connectivity index (χ3v) is 6.15. The number of carbonyl (C=O) groups is 1. The van der Waals surface area contributed by atoms with Crippen LogP contribution in [0.4, 0.5) is 0 Å².